The Labute approximate surface area is 154 Å². The molecule has 2 atom stereocenters. The molecule has 0 spiro atoms. The van der Waals surface area contributed by atoms with E-state index < -0.39 is 5.97 Å². The van der Waals surface area contributed by atoms with Gasteiger partial charge in [-0.3, -0.25) is 4.79 Å². The molecule has 4 heteroatoms. The van der Waals surface area contributed by atoms with Crippen LogP contribution >= 0.6 is 0 Å². The minimum absolute atomic E-state index is 0.273. The number of rotatable bonds is 18. The van der Waals surface area contributed by atoms with Crippen LogP contribution in [-0.4, -0.2) is 33.5 Å². The summed E-state index contributed by atoms with van der Waals surface area (Å²) < 4.78 is 0. The van der Waals surface area contributed by atoms with E-state index in [4.69, 9.17) is 5.11 Å². The number of aliphatic hydroxyl groups is 2. The van der Waals surface area contributed by atoms with Crippen LogP contribution in [0.1, 0.15) is 103 Å². The van der Waals surface area contributed by atoms with Crippen molar-refractivity contribution in [2.75, 3.05) is 0 Å². The third-order valence-electron chi connectivity index (χ3n) is 4.56. The molecule has 0 aromatic rings. The topological polar surface area (TPSA) is 77.8 Å². The van der Waals surface area contributed by atoms with Crippen molar-refractivity contribution in [3.63, 3.8) is 0 Å². The molecule has 4 nitrogen and oxygen atoms in total. The molecule has 0 aromatic heterocycles. The molecule has 0 saturated carbocycles. The summed E-state index contributed by atoms with van der Waals surface area (Å²) in [6.45, 7) is 2.20. The van der Waals surface area contributed by atoms with E-state index in [1.807, 2.05) is 0 Å². The molecule has 0 aliphatic carbocycles. The SMILES string of the molecule is CCCCCC=CCC(O)CCC(O)CCCCCCCCC(=O)O. The zero-order chi connectivity index (χ0) is 18.8. The Bertz CT molecular complexity index is 328. The molecule has 0 aliphatic heterocycles. The lowest BCUT2D eigenvalue weighted by molar-refractivity contribution is -0.137. The Morgan fingerprint density at radius 1 is 0.800 bits per heavy atom. The van der Waals surface area contributed by atoms with E-state index in [9.17, 15) is 15.0 Å². The van der Waals surface area contributed by atoms with Gasteiger partial charge >= 0.3 is 5.97 Å². The monoisotopic (exact) mass is 356 g/mol. The van der Waals surface area contributed by atoms with Crippen molar-refractivity contribution in [2.24, 2.45) is 0 Å². The number of unbranched alkanes of at least 4 members (excludes halogenated alkanes) is 8. The Morgan fingerprint density at radius 3 is 2.12 bits per heavy atom. The van der Waals surface area contributed by atoms with Crippen molar-refractivity contribution in [3.8, 4) is 0 Å². The van der Waals surface area contributed by atoms with Crippen LogP contribution < -0.4 is 0 Å². The summed E-state index contributed by atoms with van der Waals surface area (Å²) in [6.07, 6.45) is 17.5. The molecule has 0 radical (unpaired) electrons. The molecular weight excluding hydrogens is 316 g/mol. The first-order valence-corrected chi connectivity index (χ1v) is 10.3. The number of hydrogen-bond donors (Lipinski definition) is 3. The van der Waals surface area contributed by atoms with Gasteiger partial charge in [0.1, 0.15) is 0 Å². The Kier molecular flexibility index (Phi) is 17.3. The summed E-state index contributed by atoms with van der Waals surface area (Å²) in [7, 11) is 0. The van der Waals surface area contributed by atoms with Gasteiger partial charge in [-0.1, -0.05) is 64.0 Å². The standard InChI is InChI=1S/C21H40O4/c1-2-3-4-5-8-11-14-19(22)17-18-20(23)15-12-9-6-7-10-13-16-21(24)25/h8,11,19-20,22-23H,2-7,9-10,12-18H2,1H3,(H,24,25). The van der Waals surface area contributed by atoms with E-state index in [-0.39, 0.29) is 18.6 Å². The van der Waals surface area contributed by atoms with Gasteiger partial charge in [-0.2, -0.15) is 0 Å². The van der Waals surface area contributed by atoms with Crippen LogP contribution in [0, 0.1) is 0 Å². The van der Waals surface area contributed by atoms with Gasteiger partial charge in [0.25, 0.3) is 0 Å². The van der Waals surface area contributed by atoms with Crippen molar-refractivity contribution >= 4 is 5.97 Å². The van der Waals surface area contributed by atoms with Crippen molar-refractivity contribution in [2.45, 2.75) is 115 Å². The van der Waals surface area contributed by atoms with Gasteiger partial charge in [-0.05, 0) is 44.9 Å². The summed E-state index contributed by atoms with van der Waals surface area (Å²) in [4.78, 5) is 10.4. The molecule has 0 fully saturated rings. The fraction of sp³-hybridized carbons (Fsp3) is 0.857. The zero-order valence-corrected chi connectivity index (χ0v) is 16.2. The van der Waals surface area contributed by atoms with E-state index in [1.165, 1.54) is 19.3 Å². The highest BCUT2D eigenvalue weighted by Gasteiger charge is 2.08. The summed E-state index contributed by atoms with van der Waals surface area (Å²) in [5.41, 5.74) is 0. The Balaban J connectivity index is 3.41. The lowest BCUT2D eigenvalue weighted by atomic mass is 10.0. The van der Waals surface area contributed by atoms with Gasteiger partial charge in [0, 0.05) is 6.42 Å². The van der Waals surface area contributed by atoms with Crippen LogP contribution in [-0.2, 0) is 4.79 Å². The predicted molar refractivity (Wildman–Crippen MR) is 104 cm³/mol. The van der Waals surface area contributed by atoms with Crippen molar-refractivity contribution < 1.29 is 20.1 Å². The molecule has 0 aliphatic rings. The number of aliphatic carboxylic acids is 1. The van der Waals surface area contributed by atoms with E-state index in [0.717, 1.165) is 51.4 Å². The molecule has 2 unspecified atom stereocenters. The lowest BCUT2D eigenvalue weighted by Gasteiger charge is -2.13. The van der Waals surface area contributed by atoms with Crippen LogP contribution in [0.5, 0.6) is 0 Å². The van der Waals surface area contributed by atoms with E-state index in [1.54, 1.807) is 0 Å². The van der Waals surface area contributed by atoms with Crippen LogP contribution in [0.4, 0.5) is 0 Å². The molecule has 0 heterocycles. The molecule has 3 N–H and O–H groups in total. The van der Waals surface area contributed by atoms with Crippen molar-refractivity contribution in [1.82, 2.24) is 0 Å². The fourth-order valence-electron chi connectivity index (χ4n) is 2.89. The van der Waals surface area contributed by atoms with Gasteiger partial charge in [-0.25, -0.2) is 0 Å². The zero-order valence-electron chi connectivity index (χ0n) is 16.2. The quantitative estimate of drug-likeness (QED) is 0.232. The molecule has 0 saturated heterocycles. The third-order valence-corrected chi connectivity index (χ3v) is 4.56. The minimum atomic E-state index is -0.711. The second-order valence-electron chi connectivity index (χ2n) is 7.14. The van der Waals surface area contributed by atoms with Gasteiger partial charge in [-0.15, -0.1) is 0 Å². The van der Waals surface area contributed by atoms with Crippen LogP contribution in [0.15, 0.2) is 12.2 Å². The van der Waals surface area contributed by atoms with E-state index in [2.05, 4.69) is 19.1 Å². The number of carbonyl (C=O) groups is 1. The number of allylic oxidation sites excluding steroid dienone is 1. The molecule has 0 bridgehead atoms. The van der Waals surface area contributed by atoms with E-state index in [0.29, 0.717) is 19.3 Å². The fourth-order valence-corrected chi connectivity index (χ4v) is 2.89. The van der Waals surface area contributed by atoms with Crippen LogP contribution in [0.2, 0.25) is 0 Å². The van der Waals surface area contributed by atoms with Gasteiger partial charge in [0.15, 0.2) is 0 Å². The highest BCUT2D eigenvalue weighted by molar-refractivity contribution is 5.66. The smallest absolute Gasteiger partial charge is 0.303 e. The minimum Gasteiger partial charge on any atom is -0.481 e. The number of aliphatic hydroxyl groups excluding tert-OH is 2. The lowest BCUT2D eigenvalue weighted by Crippen LogP contribution is -2.12. The number of hydrogen-bond acceptors (Lipinski definition) is 3. The van der Waals surface area contributed by atoms with Crippen molar-refractivity contribution in [1.29, 1.82) is 0 Å². The Hall–Kier alpha value is -0.870. The molecular formula is C21H40O4. The maximum absolute atomic E-state index is 10.4. The van der Waals surface area contributed by atoms with E-state index >= 15 is 0 Å². The summed E-state index contributed by atoms with van der Waals surface area (Å²) in [6, 6.07) is 0. The van der Waals surface area contributed by atoms with Crippen LogP contribution in [0.25, 0.3) is 0 Å². The summed E-state index contributed by atoms with van der Waals surface area (Å²) in [5, 5.41) is 28.4. The number of carboxylic acids is 1. The summed E-state index contributed by atoms with van der Waals surface area (Å²) in [5.74, 6) is -0.711. The molecule has 148 valence electrons. The van der Waals surface area contributed by atoms with Gasteiger partial charge < -0.3 is 15.3 Å². The maximum atomic E-state index is 10.4. The second kappa shape index (κ2) is 17.9. The highest BCUT2D eigenvalue weighted by atomic mass is 16.4. The van der Waals surface area contributed by atoms with Gasteiger partial charge in [0.2, 0.25) is 0 Å². The molecule has 0 amide bonds. The summed E-state index contributed by atoms with van der Waals surface area (Å²) >= 11 is 0. The molecule has 0 aromatic carbocycles. The van der Waals surface area contributed by atoms with Crippen LogP contribution in [0.3, 0.4) is 0 Å². The highest BCUT2D eigenvalue weighted by Crippen LogP contribution is 2.14. The maximum Gasteiger partial charge on any atom is 0.303 e. The third kappa shape index (κ3) is 19.3. The molecule has 0 rings (SSSR count). The predicted octanol–water partition coefficient (Wildman–Crippen LogP) is 5.22. The largest absolute Gasteiger partial charge is 0.481 e. The average molecular weight is 357 g/mol. The molecule has 25 heavy (non-hydrogen) atoms. The van der Waals surface area contributed by atoms with Crippen molar-refractivity contribution in [3.05, 3.63) is 12.2 Å². The first-order valence-electron chi connectivity index (χ1n) is 10.3. The first kappa shape index (κ1) is 24.1. The second-order valence-corrected chi connectivity index (χ2v) is 7.14. The Morgan fingerprint density at radius 2 is 1.44 bits per heavy atom. The first-order chi connectivity index (χ1) is 12.1. The average Bonchev–Trinajstić information content (AvgIpc) is 2.58. The number of carboxylic acid groups (broad SMARTS) is 1. The van der Waals surface area contributed by atoms with Gasteiger partial charge in [0.05, 0.1) is 12.2 Å². The normalized spacial score (nSPS) is 14.0.